The van der Waals surface area contributed by atoms with Crippen molar-refractivity contribution in [2.75, 3.05) is 13.2 Å². The Morgan fingerprint density at radius 1 is 0.635 bits per heavy atom. The Kier molecular flexibility index (Phi) is 32.4. The van der Waals surface area contributed by atoms with Crippen LogP contribution in [0.4, 0.5) is 0 Å². The van der Waals surface area contributed by atoms with Crippen molar-refractivity contribution in [3.63, 3.8) is 0 Å². The van der Waals surface area contributed by atoms with Gasteiger partial charge in [0.2, 0.25) is 5.91 Å². The zero-order valence-electron chi connectivity index (χ0n) is 33.6. The lowest BCUT2D eigenvalue weighted by Gasteiger charge is -2.40. The predicted molar refractivity (Wildman–Crippen MR) is 212 cm³/mol. The van der Waals surface area contributed by atoms with Gasteiger partial charge in [0, 0.05) is 6.42 Å². The summed E-state index contributed by atoms with van der Waals surface area (Å²) < 4.78 is 11.2. The molecule has 1 heterocycles. The van der Waals surface area contributed by atoms with Crippen molar-refractivity contribution in [1.82, 2.24) is 5.32 Å². The molecule has 1 aliphatic rings. The highest BCUT2D eigenvalue weighted by atomic mass is 16.7. The average molecular weight is 742 g/mol. The van der Waals surface area contributed by atoms with Gasteiger partial charge in [-0.2, -0.15) is 0 Å². The van der Waals surface area contributed by atoms with Crippen molar-refractivity contribution in [3.05, 3.63) is 12.2 Å². The molecule has 0 aromatic heterocycles. The lowest BCUT2D eigenvalue weighted by atomic mass is 9.99. The highest BCUT2D eigenvalue weighted by molar-refractivity contribution is 5.76. The molecule has 1 aliphatic heterocycles. The Labute approximate surface area is 318 Å². The van der Waals surface area contributed by atoms with Crippen molar-refractivity contribution >= 4 is 5.91 Å². The molecule has 52 heavy (non-hydrogen) atoms. The van der Waals surface area contributed by atoms with Crippen LogP contribution in [0.1, 0.15) is 200 Å². The Morgan fingerprint density at radius 2 is 1.06 bits per heavy atom. The van der Waals surface area contributed by atoms with Gasteiger partial charge in [0.05, 0.1) is 25.4 Å². The van der Waals surface area contributed by atoms with Crippen LogP contribution >= 0.6 is 0 Å². The summed E-state index contributed by atoms with van der Waals surface area (Å²) >= 11 is 0. The minimum Gasteiger partial charge on any atom is -0.394 e. The highest BCUT2D eigenvalue weighted by Gasteiger charge is 2.44. The van der Waals surface area contributed by atoms with Crippen LogP contribution in [0.5, 0.6) is 0 Å². The summed E-state index contributed by atoms with van der Waals surface area (Å²) in [5.41, 5.74) is 0. The molecule has 7 atom stereocenters. The van der Waals surface area contributed by atoms with Crippen LogP contribution in [0, 0.1) is 0 Å². The minimum atomic E-state index is -1.56. The van der Waals surface area contributed by atoms with E-state index in [4.69, 9.17) is 9.47 Å². The number of ether oxygens (including phenoxy) is 2. The van der Waals surface area contributed by atoms with Crippen molar-refractivity contribution < 1.29 is 39.8 Å². The van der Waals surface area contributed by atoms with E-state index in [0.29, 0.717) is 6.42 Å². The number of carbonyl (C=O) groups excluding carboxylic acids is 1. The second kappa shape index (κ2) is 34.4. The number of hydrogen-bond acceptors (Lipinski definition) is 8. The third-order valence-corrected chi connectivity index (χ3v) is 10.6. The van der Waals surface area contributed by atoms with Crippen LogP contribution in [0.3, 0.4) is 0 Å². The number of nitrogens with one attached hydrogen (secondary N) is 1. The van der Waals surface area contributed by atoms with E-state index in [1.54, 1.807) is 6.08 Å². The molecule has 308 valence electrons. The Balaban J connectivity index is 2.31. The SMILES string of the molecule is CCCCCCCCCC/C=C/[C@@H](O)[C@H](CO[C@@H]1O[C@H](CO)[C@H](O)C(O)C1O)NC(=O)CCCCCCCCCCCCCCCCCCCCC. The third-order valence-electron chi connectivity index (χ3n) is 10.6. The molecule has 1 amide bonds. The molecule has 1 rings (SSSR count). The normalized spacial score (nSPS) is 21.9. The van der Waals surface area contributed by atoms with Crippen LogP contribution in [0.25, 0.3) is 0 Å². The van der Waals surface area contributed by atoms with Crippen LogP contribution in [-0.2, 0) is 14.3 Å². The van der Waals surface area contributed by atoms with E-state index in [2.05, 4.69) is 19.2 Å². The summed E-state index contributed by atoms with van der Waals surface area (Å²) in [7, 11) is 0. The molecular weight excluding hydrogens is 658 g/mol. The lowest BCUT2D eigenvalue weighted by molar-refractivity contribution is -0.302. The molecule has 6 N–H and O–H groups in total. The number of allylic oxidation sites excluding steroid dienone is 1. The number of unbranched alkanes of at least 4 members (excludes halogenated alkanes) is 26. The average Bonchev–Trinajstić information content (AvgIpc) is 3.14. The summed E-state index contributed by atoms with van der Waals surface area (Å²) in [6.45, 7) is 3.75. The number of hydrogen-bond donors (Lipinski definition) is 6. The van der Waals surface area contributed by atoms with Gasteiger partial charge in [-0.1, -0.05) is 187 Å². The molecule has 9 heteroatoms. The summed E-state index contributed by atoms with van der Waals surface area (Å²) in [6.07, 6.45) is 31.2. The molecule has 1 saturated heterocycles. The zero-order chi connectivity index (χ0) is 38.1. The molecule has 0 aliphatic carbocycles. The number of carbonyl (C=O) groups is 1. The Bertz CT molecular complexity index is 827. The minimum absolute atomic E-state index is 0.176. The molecule has 0 spiro atoms. The quantitative estimate of drug-likeness (QED) is 0.0277. The first kappa shape index (κ1) is 48.9. The smallest absolute Gasteiger partial charge is 0.220 e. The van der Waals surface area contributed by atoms with E-state index in [9.17, 15) is 30.3 Å². The maximum Gasteiger partial charge on any atom is 0.220 e. The van der Waals surface area contributed by atoms with Gasteiger partial charge in [-0.3, -0.25) is 4.79 Å². The molecule has 0 aromatic carbocycles. The van der Waals surface area contributed by atoms with Crippen LogP contribution in [-0.4, -0.2) is 87.5 Å². The predicted octanol–water partition coefficient (Wildman–Crippen LogP) is 8.56. The van der Waals surface area contributed by atoms with E-state index in [0.717, 1.165) is 38.5 Å². The highest BCUT2D eigenvalue weighted by Crippen LogP contribution is 2.22. The molecule has 1 fully saturated rings. The van der Waals surface area contributed by atoms with Gasteiger partial charge in [-0.15, -0.1) is 0 Å². The summed E-state index contributed by atoms with van der Waals surface area (Å²) in [4.78, 5) is 12.9. The summed E-state index contributed by atoms with van der Waals surface area (Å²) in [5.74, 6) is -0.176. The topological polar surface area (TPSA) is 149 Å². The van der Waals surface area contributed by atoms with Gasteiger partial charge in [-0.25, -0.2) is 0 Å². The van der Waals surface area contributed by atoms with Gasteiger partial charge in [0.25, 0.3) is 0 Å². The first-order chi connectivity index (χ1) is 25.3. The van der Waals surface area contributed by atoms with Gasteiger partial charge >= 0.3 is 0 Å². The summed E-state index contributed by atoms with van der Waals surface area (Å²) in [6, 6.07) is -0.796. The third kappa shape index (κ3) is 25.1. The largest absolute Gasteiger partial charge is 0.394 e. The fourth-order valence-electron chi connectivity index (χ4n) is 7.04. The van der Waals surface area contributed by atoms with Gasteiger partial charge in [-0.05, 0) is 19.3 Å². The first-order valence-corrected chi connectivity index (χ1v) is 21.9. The van der Waals surface area contributed by atoms with Crippen molar-refractivity contribution in [1.29, 1.82) is 0 Å². The lowest BCUT2D eigenvalue weighted by Crippen LogP contribution is -2.60. The van der Waals surface area contributed by atoms with Crippen LogP contribution < -0.4 is 5.32 Å². The van der Waals surface area contributed by atoms with E-state index in [1.807, 2.05) is 6.08 Å². The Hall–Kier alpha value is -1.07. The second-order valence-electron chi connectivity index (χ2n) is 15.5. The first-order valence-electron chi connectivity index (χ1n) is 21.9. The van der Waals surface area contributed by atoms with Crippen LogP contribution in [0.15, 0.2) is 12.2 Å². The van der Waals surface area contributed by atoms with Crippen molar-refractivity contribution in [2.24, 2.45) is 0 Å². The van der Waals surface area contributed by atoms with Crippen molar-refractivity contribution in [2.45, 2.75) is 243 Å². The molecule has 9 nitrogen and oxygen atoms in total. The fourth-order valence-corrected chi connectivity index (χ4v) is 7.04. The maximum absolute atomic E-state index is 12.9. The summed E-state index contributed by atoms with van der Waals surface area (Å²) in [5, 5.41) is 54.0. The van der Waals surface area contributed by atoms with E-state index in [-0.39, 0.29) is 12.5 Å². The van der Waals surface area contributed by atoms with Gasteiger partial charge < -0.3 is 40.3 Å². The van der Waals surface area contributed by atoms with E-state index < -0.39 is 49.5 Å². The molecule has 0 saturated carbocycles. The molecular formula is C43H83NO8. The van der Waals surface area contributed by atoms with Crippen LogP contribution in [0.2, 0.25) is 0 Å². The number of amides is 1. The van der Waals surface area contributed by atoms with Crippen molar-refractivity contribution in [3.8, 4) is 0 Å². The fraction of sp³-hybridized carbons (Fsp3) is 0.930. The number of aliphatic hydroxyl groups is 5. The molecule has 0 radical (unpaired) electrons. The zero-order valence-corrected chi connectivity index (χ0v) is 33.6. The Morgan fingerprint density at radius 3 is 1.50 bits per heavy atom. The molecule has 2 unspecified atom stereocenters. The molecule has 0 aromatic rings. The second-order valence-corrected chi connectivity index (χ2v) is 15.5. The monoisotopic (exact) mass is 742 g/mol. The van der Waals surface area contributed by atoms with E-state index >= 15 is 0 Å². The number of rotatable bonds is 36. The van der Waals surface area contributed by atoms with E-state index in [1.165, 1.54) is 141 Å². The standard InChI is InChI=1S/C43H83NO8/c1-3-5-7-9-11-13-15-16-17-18-19-20-21-22-23-25-27-29-31-33-39(47)44-36(35-51-43-42(50)41(49)40(48)38(34-45)52-43)37(46)32-30-28-26-24-14-12-10-8-6-4-2/h30,32,36-38,40-43,45-46,48-50H,3-29,31,33-35H2,1-2H3,(H,44,47)/b32-30+/t36-,37+,38+,40-,41?,42?,43+/m0/s1. The number of aliphatic hydroxyl groups excluding tert-OH is 5. The molecule has 0 bridgehead atoms. The maximum atomic E-state index is 12.9. The van der Waals surface area contributed by atoms with Gasteiger partial charge in [0.1, 0.15) is 24.4 Å². The van der Waals surface area contributed by atoms with Gasteiger partial charge in [0.15, 0.2) is 6.29 Å².